The average molecular weight is 336 g/mol. The summed E-state index contributed by atoms with van der Waals surface area (Å²) < 4.78 is 36.4. The van der Waals surface area contributed by atoms with Gasteiger partial charge in [-0.2, -0.15) is 0 Å². The molecule has 0 saturated heterocycles. The summed E-state index contributed by atoms with van der Waals surface area (Å²) in [6.07, 6.45) is 0. The first-order valence-electron chi connectivity index (χ1n) is 6.57. The van der Waals surface area contributed by atoms with Gasteiger partial charge in [-0.25, -0.2) is 12.8 Å². The quantitative estimate of drug-likeness (QED) is 0.841. The summed E-state index contributed by atoms with van der Waals surface area (Å²) in [7, 11) is 0.943. The number of nitrogens with one attached hydrogen (secondary N) is 1. The van der Waals surface area contributed by atoms with E-state index in [0.717, 1.165) is 6.07 Å². The third kappa shape index (κ3) is 4.68. The van der Waals surface area contributed by atoms with Gasteiger partial charge in [0.05, 0.1) is 0 Å². The van der Waals surface area contributed by atoms with E-state index in [1.54, 1.807) is 0 Å². The van der Waals surface area contributed by atoms with Crippen LogP contribution in [0.3, 0.4) is 0 Å². The zero-order valence-electron chi connectivity index (χ0n) is 12.4. The molecule has 1 unspecified atom stereocenters. The smallest absolute Gasteiger partial charge is 0.264 e. The second-order valence-corrected chi connectivity index (χ2v) is 8.01. The monoisotopic (exact) mass is 335 g/mol. The Kier molecular flexibility index (Phi) is 5.75. The van der Waals surface area contributed by atoms with Crippen molar-refractivity contribution in [3.63, 3.8) is 0 Å². The Morgan fingerprint density at radius 1 is 1.33 bits per heavy atom. The molecule has 0 bridgehead atoms. The van der Waals surface area contributed by atoms with E-state index in [1.807, 2.05) is 20.8 Å². The van der Waals surface area contributed by atoms with E-state index in [2.05, 4.69) is 5.32 Å². The van der Waals surface area contributed by atoms with Crippen molar-refractivity contribution in [2.75, 3.05) is 6.54 Å². The van der Waals surface area contributed by atoms with Gasteiger partial charge in [-0.05, 0) is 36.5 Å². The van der Waals surface area contributed by atoms with E-state index < -0.39 is 25.7 Å². The second-order valence-electron chi connectivity index (χ2n) is 5.47. The number of aryl methyl sites for hydroxylation is 1. The van der Waals surface area contributed by atoms with Crippen LogP contribution in [0.5, 0.6) is 0 Å². The van der Waals surface area contributed by atoms with E-state index in [4.69, 9.17) is 10.7 Å². The molecule has 0 heterocycles. The molecule has 1 rings (SSSR count). The molecule has 21 heavy (non-hydrogen) atoms. The first kappa shape index (κ1) is 17.9. The summed E-state index contributed by atoms with van der Waals surface area (Å²) in [5.74, 6) is -0.713. The molecule has 1 amide bonds. The number of hydrogen-bond donors (Lipinski definition) is 1. The number of rotatable bonds is 5. The SMILES string of the molecule is Cc1cc(C(=O)NCC(C)C(C)C)cc(S(=O)(=O)Cl)c1F. The largest absolute Gasteiger partial charge is 0.352 e. The summed E-state index contributed by atoms with van der Waals surface area (Å²) in [5.41, 5.74) is 0.128. The molecule has 1 aromatic rings. The first-order chi connectivity index (χ1) is 9.54. The fraction of sp³-hybridized carbons (Fsp3) is 0.500. The van der Waals surface area contributed by atoms with E-state index >= 15 is 0 Å². The van der Waals surface area contributed by atoms with Crippen molar-refractivity contribution < 1.29 is 17.6 Å². The van der Waals surface area contributed by atoms with Crippen LogP contribution in [0.15, 0.2) is 17.0 Å². The van der Waals surface area contributed by atoms with E-state index in [0.29, 0.717) is 12.5 Å². The van der Waals surface area contributed by atoms with Crippen LogP contribution in [0.1, 0.15) is 36.7 Å². The number of carbonyl (C=O) groups excluding carboxylic acids is 1. The molecule has 4 nitrogen and oxygen atoms in total. The van der Waals surface area contributed by atoms with Crippen molar-refractivity contribution in [3.8, 4) is 0 Å². The predicted octanol–water partition coefficient (Wildman–Crippen LogP) is 3.08. The van der Waals surface area contributed by atoms with Gasteiger partial charge in [0, 0.05) is 22.8 Å². The minimum absolute atomic E-state index is 0.0544. The first-order valence-corrected chi connectivity index (χ1v) is 8.88. The molecule has 0 spiro atoms. The van der Waals surface area contributed by atoms with Crippen LogP contribution in [-0.4, -0.2) is 20.9 Å². The van der Waals surface area contributed by atoms with Crippen LogP contribution in [-0.2, 0) is 9.05 Å². The van der Waals surface area contributed by atoms with Crippen LogP contribution in [0.4, 0.5) is 4.39 Å². The summed E-state index contributed by atoms with van der Waals surface area (Å²) >= 11 is 0. The molecule has 0 aliphatic rings. The van der Waals surface area contributed by atoms with Crippen molar-refractivity contribution in [2.24, 2.45) is 11.8 Å². The number of hydrogen-bond acceptors (Lipinski definition) is 3. The highest BCUT2D eigenvalue weighted by Crippen LogP contribution is 2.23. The predicted molar refractivity (Wildman–Crippen MR) is 80.5 cm³/mol. The molecule has 118 valence electrons. The summed E-state index contributed by atoms with van der Waals surface area (Å²) in [6, 6.07) is 2.26. The van der Waals surface area contributed by atoms with Crippen LogP contribution >= 0.6 is 10.7 Å². The third-order valence-corrected chi connectivity index (χ3v) is 4.79. The van der Waals surface area contributed by atoms with E-state index in [9.17, 15) is 17.6 Å². The Morgan fingerprint density at radius 3 is 2.38 bits per heavy atom. The number of halogens is 2. The zero-order chi connectivity index (χ0) is 16.4. The van der Waals surface area contributed by atoms with Gasteiger partial charge in [0.15, 0.2) is 0 Å². The molecule has 1 aromatic carbocycles. The molecule has 0 aliphatic carbocycles. The maximum atomic E-state index is 13.8. The van der Waals surface area contributed by atoms with E-state index in [-0.39, 0.29) is 17.0 Å². The lowest BCUT2D eigenvalue weighted by atomic mass is 9.98. The number of amides is 1. The van der Waals surface area contributed by atoms with E-state index in [1.165, 1.54) is 13.0 Å². The van der Waals surface area contributed by atoms with Crippen molar-refractivity contribution in [3.05, 3.63) is 29.1 Å². The molecular weight excluding hydrogens is 317 g/mol. The van der Waals surface area contributed by atoms with Gasteiger partial charge in [-0.15, -0.1) is 0 Å². The Hall–Kier alpha value is -1.14. The Morgan fingerprint density at radius 2 is 1.90 bits per heavy atom. The van der Waals surface area contributed by atoms with Crippen LogP contribution in [0, 0.1) is 24.6 Å². The lowest BCUT2D eigenvalue weighted by Crippen LogP contribution is -2.30. The Balaban J connectivity index is 3.04. The lowest BCUT2D eigenvalue weighted by Gasteiger charge is -2.16. The van der Waals surface area contributed by atoms with Gasteiger partial charge >= 0.3 is 0 Å². The highest BCUT2D eigenvalue weighted by atomic mass is 35.7. The molecule has 7 heteroatoms. The third-order valence-electron chi connectivity index (χ3n) is 3.47. The molecule has 1 atom stereocenters. The summed E-state index contributed by atoms with van der Waals surface area (Å²) in [6.45, 7) is 7.91. The standard InChI is InChI=1S/C14H19ClFNO3S/c1-8(2)10(4)7-17-14(18)11-5-9(3)13(16)12(6-11)21(15,19)20/h5-6,8,10H,7H2,1-4H3,(H,17,18). The normalized spacial score (nSPS) is 13.3. The lowest BCUT2D eigenvalue weighted by molar-refractivity contribution is 0.0944. The van der Waals surface area contributed by atoms with Gasteiger partial charge in [-0.1, -0.05) is 20.8 Å². The highest BCUT2D eigenvalue weighted by molar-refractivity contribution is 8.13. The molecule has 0 aliphatic heterocycles. The minimum Gasteiger partial charge on any atom is -0.352 e. The zero-order valence-corrected chi connectivity index (χ0v) is 14.0. The Labute approximate surface area is 129 Å². The molecule has 1 N–H and O–H groups in total. The fourth-order valence-corrected chi connectivity index (χ4v) is 2.62. The van der Waals surface area contributed by atoms with Crippen molar-refractivity contribution in [1.29, 1.82) is 0 Å². The minimum atomic E-state index is -4.24. The van der Waals surface area contributed by atoms with Crippen molar-refractivity contribution in [1.82, 2.24) is 5.32 Å². The topological polar surface area (TPSA) is 63.2 Å². The summed E-state index contributed by atoms with van der Waals surface area (Å²) in [4.78, 5) is 11.4. The molecule has 0 aromatic heterocycles. The van der Waals surface area contributed by atoms with Crippen LogP contribution in [0.25, 0.3) is 0 Å². The summed E-state index contributed by atoms with van der Waals surface area (Å²) in [5, 5.41) is 2.71. The maximum Gasteiger partial charge on any atom is 0.264 e. The van der Waals surface area contributed by atoms with Crippen molar-refractivity contribution >= 4 is 25.6 Å². The van der Waals surface area contributed by atoms with Gasteiger partial charge in [0.25, 0.3) is 15.0 Å². The van der Waals surface area contributed by atoms with Gasteiger partial charge < -0.3 is 5.32 Å². The molecule has 0 fully saturated rings. The van der Waals surface area contributed by atoms with Gasteiger partial charge in [-0.3, -0.25) is 4.79 Å². The molecule has 0 radical (unpaired) electrons. The van der Waals surface area contributed by atoms with Gasteiger partial charge in [0.2, 0.25) is 0 Å². The van der Waals surface area contributed by atoms with Gasteiger partial charge in [0.1, 0.15) is 10.7 Å². The maximum absolute atomic E-state index is 13.8. The second kappa shape index (κ2) is 6.75. The number of carbonyl (C=O) groups is 1. The molecular formula is C14H19ClFNO3S. The van der Waals surface area contributed by atoms with Crippen molar-refractivity contribution in [2.45, 2.75) is 32.6 Å². The Bertz CT molecular complexity index is 644. The highest BCUT2D eigenvalue weighted by Gasteiger charge is 2.21. The average Bonchev–Trinajstić information content (AvgIpc) is 2.36. The number of benzene rings is 1. The van der Waals surface area contributed by atoms with Crippen LogP contribution < -0.4 is 5.32 Å². The molecule has 0 saturated carbocycles. The van der Waals surface area contributed by atoms with Crippen LogP contribution in [0.2, 0.25) is 0 Å². The fourth-order valence-electron chi connectivity index (χ4n) is 1.64.